The van der Waals surface area contributed by atoms with E-state index in [-0.39, 0.29) is 77.7 Å². The normalized spacial score (nSPS) is 12.0. The minimum atomic E-state index is -1.43. The van der Waals surface area contributed by atoms with Crippen LogP contribution in [0.15, 0.2) is 115 Å². The Morgan fingerprint density at radius 1 is 0.689 bits per heavy atom. The number of nitrogens with one attached hydrogen (secondary N) is 7. The average molecular weight is 1020 g/mol. The van der Waals surface area contributed by atoms with Gasteiger partial charge in [0.25, 0.3) is 0 Å². The first-order chi connectivity index (χ1) is 35.9. The van der Waals surface area contributed by atoms with E-state index in [4.69, 9.17) is 19.7 Å². The second-order valence-electron chi connectivity index (χ2n) is 16.6. The van der Waals surface area contributed by atoms with Gasteiger partial charge in [0.05, 0.1) is 46.1 Å². The third-order valence-electron chi connectivity index (χ3n) is 10.8. The molecule has 4 rings (SSSR count). The molecule has 0 spiro atoms. The molecule has 22 nitrogen and oxygen atoms in total. The van der Waals surface area contributed by atoms with Crippen molar-refractivity contribution in [2.45, 2.75) is 70.0 Å². The lowest BCUT2D eigenvalue weighted by atomic mass is 10.0. The number of aromatic nitrogens is 1. The highest BCUT2D eigenvalue weighted by molar-refractivity contribution is 6.00. The fourth-order valence-electron chi connectivity index (χ4n) is 7.00. The van der Waals surface area contributed by atoms with Crippen LogP contribution in [0, 0.1) is 6.92 Å². The number of carboxylic acids is 1. The van der Waals surface area contributed by atoms with E-state index in [1.54, 1.807) is 91.3 Å². The molecule has 0 aliphatic heterocycles. The summed E-state index contributed by atoms with van der Waals surface area (Å²) >= 11 is 0. The Balaban J connectivity index is 1.39. The van der Waals surface area contributed by atoms with E-state index >= 15 is 0 Å². The molecule has 394 valence electrons. The highest BCUT2D eigenvalue weighted by atomic mass is 16.5. The standard InChI is InChI=1S/C52H65N11O11/c1-37-10-5-6-14-42(37)62-52(71)58-41-19-16-39(17-20-41)35-47(65)59-43(15-7-8-25-55-46(64)22-18-40-13-9-24-54-36-40)50(69)60-44(21-23-48(66)67)51(70)61-45(34-38-11-3-2-4-12-38)49(68)56-26-28-72-30-32-74-33-31-73-29-27-57-63-53/h2-6,9-14,16-20,22,24,36,43-45H,7-8,15,21,23,25-35H2,1H3,(H,55,64)(H,56,68)(H,59,65)(H,60,69)(H,61,70)(H,66,67)(H2,58,62,71)/b22-18+. The topological polar surface area (TPSA) is 313 Å². The minimum absolute atomic E-state index is 0.0593. The van der Waals surface area contributed by atoms with E-state index in [1.807, 2.05) is 25.1 Å². The van der Waals surface area contributed by atoms with Gasteiger partial charge in [0.2, 0.25) is 29.5 Å². The molecule has 0 fully saturated rings. The van der Waals surface area contributed by atoms with Crippen LogP contribution in [0.25, 0.3) is 16.5 Å². The number of para-hydroxylation sites is 1. The summed E-state index contributed by atoms with van der Waals surface area (Å²) in [7, 11) is 0. The van der Waals surface area contributed by atoms with Crippen molar-refractivity contribution in [3.8, 4) is 0 Å². The van der Waals surface area contributed by atoms with E-state index < -0.39 is 60.2 Å². The van der Waals surface area contributed by atoms with Gasteiger partial charge in [-0.1, -0.05) is 71.8 Å². The molecule has 3 aromatic carbocycles. The molecule has 7 amide bonds. The summed E-state index contributed by atoms with van der Waals surface area (Å²) in [5, 5.41) is 32.2. The van der Waals surface area contributed by atoms with Gasteiger partial charge in [0.15, 0.2) is 0 Å². The van der Waals surface area contributed by atoms with Crippen LogP contribution in [0.3, 0.4) is 0 Å². The quantitative estimate of drug-likeness (QED) is 0.0105. The molecule has 0 radical (unpaired) electrons. The molecule has 0 bridgehead atoms. The van der Waals surface area contributed by atoms with Gasteiger partial charge in [-0.15, -0.1) is 0 Å². The minimum Gasteiger partial charge on any atom is -0.481 e. The van der Waals surface area contributed by atoms with E-state index in [0.29, 0.717) is 48.6 Å². The zero-order chi connectivity index (χ0) is 53.2. The predicted octanol–water partition coefficient (Wildman–Crippen LogP) is 4.61. The lowest BCUT2D eigenvalue weighted by Gasteiger charge is -2.25. The summed E-state index contributed by atoms with van der Waals surface area (Å²) in [5.74, 6) is -4.25. The highest BCUT2D eigenvalue weighted by Gasteiger charge is 2.30. The Hall–Kier alpha value is -8.17. The molecule has 1 heterocycles. The molecule has 1 aromatic heterocycles. The Labute approximate surface area is 429 Å². The summed E-state index contributed by atoms with van der Waals surface area (Å²) in [6.07, 6.45) is 6.10. The first-order valence-electron chi connectivity index (χ1n) is 24.2. The number of unbranched alkanes of at least 4 members (excludes halogenated alkanes) is 1. The summed E-state index contributed by atoms with van der Waals surface area (Å²) in [6, 6.07) is 22.1. The van der Waals surface area contributed by atoms with E-state index in [0.717, 1.165) is 11.1 Å². The Morgan fingerprint density at radius 2 is 1.36 bits per heavy atom. The molecular formula is C52H65N11O11. The predicted molar refractivity (Wildman–Crippen MR) is 276 cm³/mol. The number of azide groups is 1. The maximum Gasteiger partial charge on any atom is 0.323 e. The summed E-state index contributed by atoms with van der Waals surface area (Å²) in [4.78, 5) is 99.0. The zero-order valence-corrected chi connectivity index (χ0v) is 41.3. The molecule has 4 aromatic rings. The number of carbonyl (C=O) groups excluding carboxylic acids is 6. The van der Waals surface area contributed by atoms with E-state index in [2.05, 4.69) is 52.2 Å². The van der Waals surface area contributed by atoms with Crippen LogP contribution in [-0.4, -0.2) is 129 Å². The highest BCUT2D eigenvalue weighted by Crippen LogP contribution is 2.16. The number of pyridine rings is 1. The van der Waals surface area contributed by atoms with Gasteiger partial charge in [-0.05, 0) is 90.7 Å². The molecule has 3 atom stereocenters. The van der Waals surface area contributed by atoms with E-state index in [9.17, 15) is 38.7 Å². The lowest BCUT2D eigenvalue weighted by molar-refractivity contribution is -0.138. The first kappa shape index (κ1) is 58.4. The van der Waals surface area contributed by atoms with Crippen LogP contribution >= 0.6 is 0 Å². The second kappa shape index (κ2) is 34.2. The monoisotopic (exact) mass is 1020 g/mol. The largest absolute Gasteiger partial charge is 0.481 e. The summed E-state index contributed by atoms with van der Waals surface area (Å²) < 4.78 is 16.3. The number of aliphatic carboxylic acids is 1. The molecular weight excluding hydrogens is 955 g/mol. The number of anilines is 2. The zero-order valence-electron chi connectivity index (χ0n) is 41.3. The van der Waals surface area contributed by atoms with Gasteiger partial charge < -0.3 is 56.5 Å². The maximum atomic E-state index is 14.1. The van der Waals surface area contributed by atoms with Crippen molar-refractivity contribution in [1.29, 1.82) is 0 Å². The van der Waals surface area contributed by atoms with Crippen LogP contribution in [0.1, 0.15) is 54.4 Å². The van der Waals surface area contributed by atoms with Crippen molar-refractivity contribution in [3.63, 3.8) is 0 Å². The number of hydrogen-bond acceptors (Lipinski definition) is 12. The molecule has 22 heteroatoms. The number of carboxylic acid groups (broad SMARTS) is 1. The number of carbonyl (C=O) groups is 7. The average Bonchev–Trinajstić information content (AvgIpc) is 3.39. The summed E-state index contributed by atoms with van der Waals surface area (Å²) in [5.41, 5.74) is 12.3. The fourth-order valence-corrected chi connectivity index (χ4v) is 7.00. The number of benzene rings is 3. The number of aryl methyl sites for hydroxylation is 1. The molecule has 0 saturated heterocycles. The maximum absolute atomic E-state index is 14.1. The number of nitrogens with zero attached hydrogens (tertiary/aromatic N) is 4. The van der Waals surface area contributed by atoms with Crippen LogP contribution in [0.4, 0.5) is 16.2 Å². The third-order valence-corrected chi connectivity index (χ3v) is 10.8. The first-order valence-corrected chi connectivity index (χ1v) is 24.2. The number of urea groups is 1. The lowest BCUT2D eigenvalue weighted by Crippen LogP contribution is -2.57. The molecule has 3 unspecified atom stereocenters. The van der Waals surface area contributed by atoms with Crippen molar-refractivity contribution in [2.75, 3.05) is 69.9 Å². The van der Waals surface area contributed by atoms with Crippen LogP contribution < -0.4 is 37.2 Å². The van der Waals surface area contributed by atoms with Crippen LogP contribution in [0.2, 0.25) is 0 Å². The van der Waals surface area contributed by atoms with Gasteiger partial charge in [-0.2, -0.15) is 0 Å². The molecule has 8 N–H and O–H groups in total. The number of hydrogen-bond donors (Lipinski definition) is 8. The smallest absolute Gasteiger partial charge is 0.323 e. The molecule has 0 aliphatic carbocycles. The summed E-state index contributed by atoms with van der Waals surface area (Å²) in [6.45, 7) is 3.95. The Morgan fingerprint density at radius 3 is 2.05 bits per heavy atom. The van der Waals surface area contributed by atoms with Gasteiger partial charge in [-0.25, -0.2) is 4.79 Å². The SMILES string of the molecule is Cc1ccccc1NC(=O)Nc1ccc(CC(=O)NC(CCCCNC(=O)/C=C/c2cccnc2)C(=O)NC(CCC(=O)O)C(=O)NC(Cc2ccccc2)C(=O)NCCOCCOCCOCCN=[N+]=[N-])cc1. The fraction of sp³-hybridized carbons (Fsp3) is 0.385. The van der Waals surface area contributed by atoms with Gasteiger partial charge in [-0.3, -0.25) is 33.8 Å². The van der Waals surface area contributed by atoms with Crippen molar-refractivity contribution in [2.24, 2.45) is 5.11 Å². The Kier molecular flexibility index (Phi) is 27.0. The Bertz CT molecular complexity index is 2480. The van der Waals surface area contributed by atoms with Crippen molar-refractivity contribution >= 4 is 59.0 Å². The van der Waals surface area contributed by atoms with Crippen LogP contribution in [0.5, 0.6) is 0 Å². The van der Waals surface area contributed by atoms with Gasteiger partial charge >= 0.3 is 12.0 Å². The van der Waals surface area contributed by atoms with Crippen LogP contribution in [-0.2, 0) is 55.8 Å². The number of amides is 7. The van der Waals surface area contributed by atoms with Crippen molar-refractivity contribution < 1.29 is 52.9 Å². The molecule has 0 aliphatic rings. The van der Waals surface area contributed by atoms with Crippen molar-refractivity contribution in [1.82, 2.24) is 31.6 Å². The van der Waals surface area contributed by atoms with E-state index in [1.165, 1.54) is 6.08 Å². The van der Waals surface area contributed by atoms with Gasteiger partial charge in [0.1, 0.15) is 18.1 Å². The molecule has 0 saturated carbocycles. The third kappa shape index (κ3) is 24.3. The van der Waals surface area contributed by atoms with Gasteiger partial charge in [0, 0.05) is 67.2 Å². The second-order valence-corrected chi connectivity index (χ2v) is 16.6. The number of rotatable bonds is 34. The number of ether oxygens (including phenoxy) is 3. The molecule has 74 heavy (non-hydrogen) atoms. The van der Waals surface area contributed by atoms with Crippen molar-refractivity contribution in [3.05, 3.63) is 142 Å².